The van der Waals surface area contributed by atoms with Gasteiger partial charge in [0.25, 0.3) is 0 Å². The van der Waals surface area contributed by atoms with Gasteiger partial charge in [0, 0.05) is 0 Å². The van der Waals surface area contributed by atoms with Gasteiger partial charge in [0.15, 0.2) is 23.3 Å². The highest BCUT2D eigenvalue weighted by atomic mass is 16.4. The van der Waals surface area contributed by atoms with E-state index in [0.717, 1.165) is 0 Å². The molecule has 0 radical (unpaired) electrons. The fourth-order valence-corrected chi connectivity index (χ4v) is 1.57. The van der Waals surface area contributed by atoms with E-state index in [1.54, 1.807) is 0 Å². The first-order chi connectivity index (χ1) is 12.2. The number of nitrogens with one attached hydrogen (secondary N) is 4. The highest BCUT2D eigenvalue weighted by Gasteiger charge is 2.16. The van der Waals surface area contributed by atoms with E-state index < -0.39 is 50.1 Å². The Bertz CT molecular complexity index is 595. The molecular weight excluding hydrogens is 356 g/mol. The van der Waals surface area contributed by atoms with Crippen LogP contribution in [0.3, 0.4) is 0 Å². The predicted octanol–water partition coefficient (Wildman–Crippen LogP) is -1.54. The molecule has 0 aliphatic carbocycles. The van der Waals surface area contributed by atoms with Crippen molar-refractivity contribution in [3.05, 3.63) is 0 Å². The van der Waals surface area contributed by atoms with E-state index in [1.807, 2.05) is 0 Å². The van der Waals surface area contributed by atoms with Crippen LogP contribution in [0.5, 0.6) is 0 Å². The summed E-state index contributed by atoms with van der Waals surface area (Å²) in [6.45, 7) is -2.29. The molecule has 142 valence electrons. The molecule has 0 saturated carbocycles. The Kier molecular flexibility index (Phi) is 7.35. The van der Waals surface area contributed by atoms with Crippen LogP contribution >= 0.6 is 0 Å². The molecule has 1 aromatic rings. The summed E-state index contributed by atoms with van der Waals surface area (Å²) in [6.07, 6.45) is 0. The van der Waals surface area contributed by atoms with Crippen molar-refractivity contribution in [2.45, 2.75) is 0 Å². The van der Waals surface area contributed by atoms with Gasteiger partial charge in [-0.3, -0.25) is 19.2 Å². The third kappa shape index (κ3) is 7.16. The summed E-state index contributed by atoms with van der Waals surface area (Å²) in [4.78, 5) is 50.7. The maximum absolute atomic E-state index is 10.7. The molecule has 0 amide bonds. The number of rotatable bonds is 12. The number of nitrogens with zero attached hydrogens (tertiary/aromatic N) is 2. The maximum atomic E-state index is 10.7. The lowest BCUT2D eigenvalue weighted by atomic mass is 10.4. The minimum atomic E-state index is -1.23. The molecule has 0 atom stereocenters. The standard InChI is InChI=1S/C12H16N6O8/c19-5(20)1-13-9-10(14-2-6(21)22)18-12(16-4-8(25)26)11(17-9)15-3-7(23)24/h1-4H2,(H,19,20)(H,21,22)(H,23,24)(H,25,26)(H2,13,15,17)(H2,14,16,18). The van der Waals surface area contributed by atoms with Crippen molar-refractivity contribution in [3.63, 3.8) is 0 Å². The number of hydrogen-bond donors (Lipinski definition) is 8. The van der Waals surface area contributed by atoms with Crippen molar-refractivity contribution in [1.29, 1.82) is 0 Å². The Morgan fingerprint density at radius 1 is 0.538 bits per heavy atom. The summed E-state index contributed by atoms with van der Waals surface area (Å²) < 4.78 is 0. The van der Waals surface area contributed by atoms with Crippen LogP contribution in [0.25, 0.3) is 0 Å². The monoisotopic (exact) mass is 372 g/mol. The van der Waals surface area contributed by atoms with Gasteiger partial charge < -0.3 is 41.7 Å². The lowest BCUT2D eigenvalue weighted by molar-refractivity contribution is -0.136. The molecule has 1 heterocycles. The van der Waals surface area contributed by atoms with Gasteiger partial charge in [0.2, 0.25) is 0 Å². The molecule has 0 bridgehead atoms. The van der Waals surface area contributed by atoms with Crippen molar-refractivity contribution < 1.29 is 39.6 Å². The van der Waals surface area contributed by atoms with Crippen molar-refractivity contribution in [2.24, 2.45) is 0 Å². The molecule has 8 N–H and O–H groups in total. The van der Waals surface area contributed by atoms with Gasteiger partial charge in [-0.2, -0.15) is 0 Å². The third-order valence-electron chi connectivity index (χ3n) is 2.52. The van der Waals surface area contributed by atoms with E-state index in [0.29, 0.717) is 0 Å². The highest BCUT2D eigenvalue weighted by Crippen LogP contribution is 2.25. The highest BCUT2D eigenvalue weighted by molar-refractivity contribution is 5.81. The summed E-state index contributed by atoms with van der Waals surface area (Å²) >= 11 is 0. The lowest BCUT2D eigenvalue weighted by Gasteiger charge is -2.16. The molecule has 0 saturated heterocycles. The quantitative estimate of drug-likeness (QED) is 0.208. The second-order valence-electron chi connectivity index (χ2n) is 4.61. The van der Waals surface area contributed by atoms with Crippen LogP contribution in [0, 0.1) is 0 Å². The Morgan fingerprint density at radius 3 is 0.885 bits per heavy atom. The fraction of sp³-hybridized carbons (Fsp3) is 0.333. The van der Waals surface area contributed by atoms with Crippen molar-refractivity contribution >= 4 is 47.1 Å². The average molecular weight is 372 g/mol. The lowest BCUT2D eigenvalue weighted by Crippen LogP contribution is -2.22. The van der Waals surface area contributed by atoms with Crippen molar-refractivity contribution in [1.82, 2.24) is 9.97 Å². The first-order valence-corrected chi connectivity index (χ1v) is 6.93. The van der Waals surface area contributed by atoms with Gasteiger partial charge in [-0.1, -0.05) is 0 Å². The number of anilines is 4. The topological polar surface area (TPSA) is 223 Å². The minimum absolute atomic E-state index is 0.164. The zero-order chi connectivity index (χ0) is 19.7. The van der Waals surface area contributed by atoms with E-state index in [1.165, 1.54) is 0 Å². The van der Waals surface area contributed by atoms with Crippen LogP contribution in [-0.2, 0) is 19.2 Å². The van der Waals surface area contributed by atoms with E-state index in [9.17, 15) is 19.2 Å². The van der Waals surface area contributed by atoms with Gasteiger partial charge in [0.1, 0.15) is 26.2 Å². The van der Waals surface area contributed by atoms with Gasteiger partial charge in [0.05, 0.1) is 0 Å². The molecule has 1 rings (SSSR count). The molecule has 14 nitrogen and oxygen atoms in total. The zero-order valence-corrected chi connectivity index (χ0v) is 13.1. The van der Waals surface area contributed by atoms with Crippen LogP contribution in [0.4, 0.5) is 23.3 Å². The van der Waals surface area contributed by atoms with E-state index >= 15 is 0 Å². The molecule has 0 spiro atoms. The smallest absolute Gasteiger partial charge is 0.322 e. The first-order valence-electron chi connectivity index (χ1n) is 6.93. The van der Waals surface area contributed by atoms with Crippen LogP contribution < -0.4 is 21.3 Å². The number of aliphatic carboxylic acids is 4. The fourth-order valence-electron chi connectivity index (χ4n) is 1.57. The Balaban J connectivity index is 3.22. The van der Waals surface area contributed by atoms with Gasteiger partial charge in [-0.25, -0.2) is 9.97 Å². The molecule has 14 heteroatoms. The predicted molar refractivity (Wildman–Crippen MR) is 86.5 cm³/mol. The molecule has 0 fully saturated rings. The SMILES string of the molecule is O=C(O)CNc1nc(NCC(=O)O)c(NCC(=O)O)nc1NCC(=O)O. The van der Waals surface area contributed by atoms with E-state index in [-0.39, 0.29) is 23.3 Å². The molecule has 0 aromatic carbocycles. The first kappa shape index (κ1) is 20.2. The summed E-state index contributed by atoms with van der Waals surface area (Å²) in [5, 5.41) is 44.5. The molecule has 1 aromatic heterocycles. The number of carboxylic acids is 4. The van der Waals surface area contributed by atoms with Crippen LogP contribution in [0.2, 0.25) is 0 Å². The van der Waals surface area contributed by atoms with Gasteiger partial charge >= 0.3 is 23.9 Å². The molecule has 0 aliphatic rings. The van der Waals surface area contributed by atoms with E-state index in [4.69, 9.17) is 20.4 Å². The Hall–Kier alpha value is -3.84. The number of aromatic nitrogens is 2. The maximum Gasteiger partial charge on any atom is 0.322 e. The molecular formula is C12H16N6O8. The zero-order valence-electron chi connectivity index (χ0n) is 13.1. The second-order valence-corrected chi connectivity index (χ2v) is 4.61. The largest absolute Gasteiger partial charge is 0.480 e. The molecule has 0 unspecified atom stereocenters. The minimum Gasteiger partial charge on any atom is -0.480 e. The van der Waals surface area contributed by atoms with Crippen molar-refractivity contribution in [3.8, 4) is 0 Å². The second kappa shape index (κ2) is 9.45. The summed E-state index contributed by atoms with van der Waals surface area (Å²) in [7, 11) is 0. The van der Waals surface area contributed by atoms with Crippen LogP contribution in [0.1, 0.15) is 0 Å². The van der Waals surface area contributed by atoms with E-state index in [2.05, 4.69) is 31.2 Å². The van der Waals surface area contributed by atoms with Gasteiger partial charge in [-0.15, -0.1) is 0 Å². The average Bonchev–Trinajstić information content (AvgIpc) is 2.54. The van der Waals surface area contributed by atoms with Crippen molar-refractivity contribution in [2.75, 3.05) is 47.4 Å². The van der Waals surface area contributed by atoms with Crippen LogP contribution in [-0.4, -0.2) is 80.5 Å². The third-order valence-corrected chi connectivity index (χ3v) is 2.52. The summed E-state index contributed by atoms with van der Waals surface area (Å²) in [6, 6.07) is 0. The number of carboxylic acid groups (broad SMARTS) is 4. The molecule has 26 heavy (non-hydrogen) atoms. The summed E-state index contributed by atoms with van der Waals surface area (Å²) in [5.74, 6) is -5.59. The summed E-state index contributed by atoms with van der Waals surface area (Å²) in [5.41, 5.74) is 0. The normalized spacial score (nSPS) is 9.85. The van der Waals surface area contributed by atoms with Gasteiger partial charge in [-0.05, 0) is 0 Å². The Labute approximate surface area is 145 Å². The number of hydrogen-bond acceptors (Lipinski definition) is 10. The molecule has 0 aliphatic heterocycles. The number of carbonyl (C=O) groups is 4. The van der Waals surface area contributed by atoms with Crippen LogP contribution in [0.15, 0.2) is 0 Å². The Morgan fingerprint density at radius 2 is 0.731 bits per heavy atom.